The normalized spacial score (nSPS) is 29.1. The molecule has 0 heterocycles. The van der Waals surface area contributed by atoms with E-state index in [1.807, 2.05) is 30.3 Å². The molecule has 2 bridgehead atoms. The van der Waals surface area contributed by atoms with E-state index in [4.69, 9.17) is 9.47 Å². The minimum absolute atomic E-state index is 0.158. The maximum absolute atomic E-state index is 12.0. The molecular weight excluding hydrogens is 282 g/mol. The molecule has 0 aromatic heterocycles. The molecule has 0 aliphatic heterocycles. The predicted octanol–water partition coefficient (Wildman–Crippen LogP) is 2.50. The van der Waals surface area contributed by atoms with Crippen LogP contribution in [-0.4, -0.2) is 25.2 Å². The maximum Gasteiger partial charge on any atom is 0.407 e. The summed E-state index contributed by atoms with van der Waals surface area (Å²) in [5.74, 6) is 0.240. The molecule has 2 fully saturated rings. The van der Waals surface area contributed by atoms with Crippen LogP contribution in [-0.2, 0) is 20.9 Å². The van der Waals surface area contributed by atoms with Crippen molar-refractivity contribution in [2.24, 2.45) is 17.8 Å². The van der Waals surface area contributed by atoms with Gasteiger partial charge in [0, 0.05) is 6.04 Å². The van der Waals surface area contributed by atoms with Gasteiger partial charge in [0.25, 0.3) is 0 Å². The van der Waals surface area contributed by atoms with Gasteiger partial charge in [-0.1, -0.05) is 30.3 Å². The van der Waals surface area contributed by atoms with E-state index in [9.17, 15) is 9.59 Å². The zero-order valence-corrected chi connectivity index (χ0v) is 12.7. The van der Waals surface area contributed by atoms with E-state index >= 15 is 0 Å². The third-order valence-electron chi connectivity index (χ3n) is 4.89. The van der Waals surface area contributed by atoms with Crippen LogP contribution in [0.25, 0.3) is 0 Å². The van der Waals surface area contributed by atoms with E-state index in [-0.39, 0.29) is 24.5 Å². The molecule has 2 aliphatic rings. The minimum Gasteiger partial charge on any atom is -0.469 e. The summed E-state index contributed by atoms with van der Waals surface area (Å²) >= 11 is 0. The smallest absolute Gasteiger partial charge is 0.407 e. The van der Waals surface area contributed by atoms with Gasteiger partial charge in [0.05, 0.1) is 13.0 Å². The van der Waals surface area contributed by atoms with Crippen LogP contribution in [0.3, 0.4) is 0 Å². The third-order valence-corrected chi connectivity index (χ3v) is 4.89. The third kappa shape index (κ3) is 2.93. The number of carbonyl (C=O) groups excluding carboxylic acids is 2. The van der Waals surface area contributed by atoms with Crippen LogP contribution in [0.15, 0.2) is 30.3 Å². The van der Waals surface area contributed by atoms with Crippen molar-refractivity contribution in [3.05, 3.63) is 35.9 Å². The number of rotatable bonds is 4. The number of esters is 1. The van der Waals surface area contributed by atoms with E-state index in [0.29, 0.717) is 11.8 Å². The second-order valence-corrected chi connectivity index (χ2v) is 6.11. The number of hydrogen-bond acceptors (Lipinski definition) is 4. The number of methoxy groups -OCH3 is 1. The Labute approximate surface area is 130 Å². The van der Waals surface area contributed by atoms with Gasteiger partial charge in [-0.2, -0.15) is 0 Å². The summed E-state index contributed by atoms with van der Waals surface area (Å²) in [7, 11) is 1.40. The molecule has 0 saturated heterocycles. The standard InChI is InChI=1S/C17H21NO4/c1-21-16(19)14-12-7-8-13(9-12)15(14)18-17(20)22-10-11-5-3-2-4-6-11/h2-6,12-15H,7-10H2,1H3,(H,18,20)/t12-,13+,14+,15+/m1/s1. The number of amides is 1. The number of fused-ring (bicyclic) bond motifs is 2. The Bertz CT molecular complexity index is 545. The second-order valence-electron chi connectivity index (χ2n) is 6.11. The Morgan fingerprint density at radius 1 is 1.18 bits per heavy atom. The Kier molecular flexibility index (Phi) is 4.32. The summed E-state index contributed by atoms with van der Waals surface area (Å²) < 4.78 is 10.2. The van der Waals surface area contributed by atoms with Crippen molar-refractivity contribution in [1.29, 1.82) is 0 Å². The first-order chi connectivity index (χ1) is 10.7. The second kappa shape index (κ2) is 6.38. The first kappa shape index (κ1) is 14.9. The fraction of sp³-hybridized carbons (Fsp3) is 0.529. The molecule has 0 spiro atoms. The van der Waals surface area contributed by atoms with Gasteiger partial charge >= 0.3 is 12.1 Å². The van der Waals surface area contributed by atoms with Crippen molar-refractivity contribution in [1.82, 2.24) is 5.32 Å². The van der Waals surface area contributed by atoms with Crippen LogP contribution in [0.4, 0.5) is 4.79 Å². The lowest BCUT2D eigenvalue weighted by molar-refractivity contribution is -0.148. The van der Waals surface area contributed by atoms with Crippen molar-refractivity contribution in [2.75, 3.05) is 7.11 Å². The highest BCUT2D eigenvalue weighted by Crippen LogP contribution is 2.48. The Balaban J connectivity index is 1.57. The topological polar surface area (TPSA) is 64.6 Å². The van der Waals surface area contributed by atoms with Crippen molar-refractivity contribution in [3.8, 4) is 0 Å². The van der Waals surface area contributed by atoms with Gasteiger partial charge < -0.3 is 14.8 Å². The maximum atomic E-state index is 12.0. The highest BCUT2D eigenvalue weighted by atomic mass is 16.5. The van der Waals surface area contributed by atoms with E-state index in [1.165, 1.54) is 7.11 Å². The van der Waals surface area contributed by atoms with E-state index in [2.05, 4.69) is 5.32 Å². The van der Waals surface area contributed by atoms with Crippen LogP contribution in [0.1, 0.15) is 24.8 Å². The van der Waals surface area contributed by atoms with Gasteiger partial charge in [0.15, 0.2) is 0 Å². The number of ether oxygens (including phenoxy) is 2. The average Bonchev–Trinajstić information content (AvgIpc) is 3.14. The van der Waals surface area contributed by atoms with Gasteiger partial charge in [-0.05, 0) is 36.7 Å². The number of benzene rings is 1. The van der Waals surface area contributed by atoms with Crippen molar-refractivity contribution in [2.45, 2.75) is 31.9 Å². The molecule has 1 amide bonds. The Morgan fingerprint density at radius 3 is 2.64 bits per heavy atom. The van der Waals surface area contributed by atoms with Gasteiger partial charge in [-0.15, -0.1) is 0 Å². The van der Waals surface area contributed by atoms with Crippen LogP contribution in [0.5, 0.6) is 0 Å². The molecule has 3 rings (SSSR count). The molecule has 1 aromatic carbocycles. The number of hydrogen-bond donors (Lipinski definition) is 1. The van der Waals surface area contributed by atoms with E-state index in [0.717, 1.165) is 24.8 Å². The highest BCUT2D eigenvalue weighted by Gasteiger charge is 2.52. The fourth-order valence-corrected chi connectivity index (χ4v) is 3.88. The fourth-order valence-electron chi connectivity index (χ4n) is 3.88. The molecule has 2 aliphatic carbocycles. The molecule has 2 saturated carbocycles. The van der Waals surface area contributed by atoms with Gasteiger partial charge in [0.1, 0.15) is 6.61 Å². The lowest BCUT2D eigenvalue weighted by Crippen LogP contribution is -2.47. The minimum atomic E-state index is -0.463. The largest absolute Gasteiger partial charge is 0.469 e. The van der Waals surface area contributed by atoms with E-state index < -0.39 is 6.09 Å². The SMILES string of the molecule is COC(=O)[C@H]1[C@@H]2CC[C@@H](C2)[C@@H]1NC(=O)OCc1ccccc1. The molecule has 1 aromatic rings. The molecule has 1 N–H and O–H groups in total. The summed E-state index contributed by atoms with van der Waals surface area (Å²) in [6, 6.07) is 9.37. The molecule has 118 valence electrons. The van der Waals surface area contributed by atoms with Gasteiger partial charge in [-0.25, -0.2) is 4.79 Å². The van der Waals surface area contributed by atoms with Crippen LogP contribution < -0.4 is 5.32 Å². The average molecular weight is 303 g/mol. The van der Waals surface area contributed by atoms with Gasteiger partial charge in [-0.3, -0.25) is 4.79 Å². The lowest BCUT2D eigenvalue weighted by Gasteiger charge is -2.29. The Hall–Kier alpha value is -2.04. The zero-order valence-electron chi connectivity index (χ0n) is 12.7. The van der Waals surface area contributed by atoms with Crippen molar-refractivity contribution >= 4 is 12.1 Å². The Morgan fingerprint density at radius 2 is 1.91 bits per heavy atom. The van der Waals surface area contributed by atoms with Crippen LogP contribution in [0.2, 0.25) is 0 Å². The summed E-state index contributed by atoms with van der Waals surface area (Å²) in [6.07, 6.45) is 2.63. The molecular formula is C17H21NO4. The molecule has 0 unspecified atom stereocenters. The quantitative estimate of drug-likeness (QED) is 0.868. The molecule has 22 heavy (non-hydrogen) atoms. The first-order valence-electron chi connectivity index (χ1n) is 7.74. The summed E-state index contributed by atoms with van der Waals surface area (Å²) in [4.78, 5) is 24.0. The molecule has 5 nitrogen and oxygen atoms in total. The summed E-state index contributed by atoms with van der Waals surface area (Å²) in [5.41, 5.74) is 0.940. The van der Waals surface area contributed by atoms with Crippen LogP contribution in [0, 0.1) is 17.8 Å². The van der Waals surface area contributed by atoms with Crippen molar-refractivity contribution < 1.29 is 19.1 Å². The zero-order chi connectivity index (χ0) is 15.5. The molecule has 4 atom stereocenters. The van der Waals surface area contributed by atoms with Gasteiger partial charge in [0.2, 0.25) is 0 Å². The van der Waals surface area contributed by atoms with E-state index in [1.54, 1.807) is 0 Å². The number of carbonyl (C=O) groups is 2. The summed E-state index contributed by atoms with van der Waals surface area (Å²) in [6.45, 7) is 0.233. The highest BCUT2D eigenvalue weighted by molar-refractivity contribution is 5.76. The lowest BCUT2D eigenvalue weighted by atomic mass is 9.84. The number of nitrogens with one attached hydrogen (secondary N) is 1. The monoisotopic (exact) mass is 303 g/mol. The molecule has 0 radical (unpaired) electrons. The first-order valence-corrected chi connectivity index (χ1v) is 7.74. The van der Waals surface area contributed by atoms with Crippen molar-refractivity contribution in [3.63, 3.8) is 0 Å². The number of alkyl carbamates (subject to hydrolysis) is 1. The predicted molar refractivity (Wildman–Crippen MR) is 79.9 cm³/mol. The van der Waals surface area contributed by atoms with Crippen LogP contribution >= 0.6 is 0 Å². The summed E-state index contributed by atoms with van der Waals surface area (Å²) in [5, 5.41) is 2.88. The molecule has 5 heteroatoms.